The van der Waals surface area contributed by atoms with E-state index in [-0.39, 0.29) is 11.8 Å². The van der Waals surface area contributed by atoms with E-state index in [9.17, 15) is 4.79 Å². The molecule has 2 nitrogen and oxygen atoms in total. The third-order valence-corrected chi connectivity index (χ3v) is 2.53. The Morgan fingerprint density at radius 3 is 1.93 bits per heavy atom. The minimum absolute atomic E-state index is 0.00231. The Labute approximate surface area is 88.0 Å². The highest BCUT2D eigenvalue weighted by Gasteiger charge is 2.26. The first kappa shape index (κ1) is 13.4. The van der Waals surface area contributed by atoms with Crippen LogP contribution in [0.5, 0.6) is 0 Å². The Balaban J connectivity index is 4.74. The Kier molecular flexibility index (Phi) is 5.70. The van der Waals surface area contributed by atoms with Crippen molar-refractivity contribution in [1.82, 2.24) is 4.90 Å². The lowest BCUT2D eigenvalue weighted by molar-refractivity contribution is -0.121. The third kappa shape index (κ3) is 3.26. The molecule has 0 aromatic rings. The quantitative estimate of drug-likeness (QED) is 0.610. The smallest absolute Gasteiger partial charge is 0.175 e. The number of ketones is 1. The van der Waals surface area contributed by atoms with Crippen LogP contribution in [0.1, 0.15) is 34.6 Å². The molecule has 0 saturated heterocycles. The van der Waals surface area contributed by atoms with Gasteiger partial charge in [-0.2, -0.15) is 0 Å². The maximum Gasteiger partial charge on any atom is 0.175 e. The molecule has 0 amide bonds. The van der Waals surface area contributed by atoms with Crippen molar-refractivity contribution in [1.29, 1.82) is 0 Å². The van der Waals surface area contributed by atoms with Gasteiger partial charge in [-0.25, -0.2) is 0 Å². The lowest BCUT2D eigenvalue weighted by Gasteiger charge is -2.31. The molecule has 2 heteroatoms. The fourth-order valence-corrected chi connectivity index (χ4v) is 1.76. The molecule has 0 saturated carbocycles. The second-order valence-electron chi connectivity index (χ2n) is 4.05. The van der Waals surface area contributed by atoms with Gasteiger partial charge in [0.2, 0.25) is 0 Å². The van der Waals surface area contributed by atoms with Crippen molar-refractivity contribution in [2.45, 2.75) is 40.7 Å². The zero-order valence-electron chi connectivity index (χ0n) is 10.1. The molecular weight excluding hydrogens is 174 g/mol. The average Bonchev–Trinajstić information content (AvgIpc) is 2.12. The average molecular weight is 197 g/mol. The normalized spacial score (nSPS) is 13.4. The van der Waals surface area contributed by atoms with Crippen LogP contribution < -0.4 is 0 Å². The van der Waals surface area contributed by atoms with Crippen LogP contribution in [-0.2, 0) is 4.79 Å². The van der Waals surface area contributed by atoms with Crippen molar-refractivity contribution in [3.8, 4) is 0 Å². The second kappa shape index (κ2) is 5.97. The summed E-state index contributed by atoms with van der Waals surface area (Å²) < 4.78 is 0. The summed E-state index contributed by atoms with van der Waals surface area (Å²) in [6.45, 7) is 15.7. The van der Waals surface area contributed by atoms with Crippen LogP contribution in [-0.4, -0.2) is 29.8 Å². The summed E-state index contributed by atoms with van der Waals surface area (Å²) >= 11 is 0. The van der Waals surface area contributed by atoms with E-state index in [0.29, 0.717) is 11.5 Å². The topological polar surface area (TPSA) is 20.3 Å². The SMILES string of the molecule is C=C(C)C(=O)C(C(C)C)N(CC)CC. The highest BCUT2D eigenvalue weighted by molar-refractivity contribution is 5.98. The van der Waals surface area contributed by atoms with Crippen molar-refractivity contribution in [3.63, 3.8) is 0 Å². The zero-order chi connectivity index (χ0) is 11.3. The number of Topliss-reactive ketones (excluding diaryl/α,β-unsaturated/α-hetero) is 1. The molecular formula is C12H23NO. The minimum atomic E-state index is 0.00231. The summed E-state index contributed by atoms with van der Waals surface area (Å²) in [5.74, 6) is 0.530. The van der Waals surface area contributed by atoms with Crippen LogP contribution in [0, 0.1) is 5.92 Å². The molecule has 0 aliphatic heterocycles. The number of likely N-dealkylation sites (N-methyl/N-ethyl adjacent to an activating group) is 1. The molecule has 0 rings (SSSR count). The number of hydrogen-bond acceptors (Lipinski definition) is 2. The van der Waals surface area contributed by atoms with Crippen molar-refractivity contribution in [3.05, 3.63) is 12.2 Å². The Morgan fingerprint density at radius 2 is 1.71 bits per heavy atom. The van der Waals surface area contributed by atoms with Gasteiger partial charge in [-0.05, 0) is 31.5 Å². The first-order valence-corrected chi connectivity index (χ1v) is 5.39. The van der Waals surface area contributed by atoms with E-state index in [0.717, 1.165) is 13.1 Å². The number of hydrogen-bond donors (Lipinski definition) is 0. The van der Waals surface area contributed by atoms with Gasteiger partial charge in [-0.15, -0.1) is 0 Å². The van der Waals surface area contributed by atoms with Crippen LogP contribution in [0.4, 0.5) is 0 Å². The van der Waals surface area contributed by atoms with E-state index >= 15 is 0 Å². The Morgan fingerprint density at radius 1 is 1.29 bits per heavy atom. The van der Waals surface area contributed by atoms with Crippen LogP contribution in [0.15, 0.2) is 12.2 Å². The molecule has 1 atom stereocenters. The van der Waals surface area contributed by atoms with Gasteiger partial charge in [0.1, 0.15) is 0 Å². The number of carbonyl (C=O) groups excluding carboxylic acids is 1. The third-order valence-electron chi connectivity index (χ3n) is 2.53. The van der Waals surface area contributed by atoms with Gasteiger partial charge in [-0.3, -0.25) is 9.69 Å². The fraction of sp³-hybridized carbons (Fsp3) is 0.750. The van der Waals surface area contributed by atoms with E-state index in [1.165, 1.54) is 0 Å². The summed E-state index contributed by atoms with van der Waals surface area (Å²) in [6, 6.07) is 0.00231. The lowest BCUT2D eigenvalue weighted by Crippen LogP contribution is -2.44. The van der Waals surface area contributed by atoms with Gasteiger partial charge in [-0.1, -0.05) is 34.3 Å². The lowest BCUT2D eigenvalue weighted by atomic mass is 9.94. The summed E-state index contributed by atoms with van der Waals surface area (Å²) in [5, 5.41) is 0. The predicted molar refractivity (Wildman–Crippen MR) is 61.4 cm³/mol. The predicted octanol–water partition coefficient (Wildman–Crippen LogP) is 2.50. The highest BCUT2D eigenvalue weighted by atomic mass is 16.1. The van der Waals surface area contributed by atoms with E-state index in [2.05, 4.69) is 39.2 Å². The van der Waals surface area contributed by atoms with Gasteiger partial charge in [0, 0.05) is 0 Å². The Hall–Kier alpha value is -0.630. The van der Waals surface area contributed by atoms with Gasteiger partial charge < -0.3 is 0 Å². The molecule has 0 spiro atoms. The molecule has 82 valence electrons. The molecule has 0 aromatic heterocycles. The number of nitrogens with zero attached hydrogens (tertiary/aromatic N) is 1. The van der Waals surface area contributed by atoms with Crippen molar-refractivity contribution in [2.24, 2.45) is 5.92 Å². The summed E-state index contributed by atoms with van der Waals surface area (Å²) in [5.41, 5.74) is 0.663. The van der Waals surface area contributed by atoms with E-state index in [4.69, 9.17) is 0 Å². The maximum atomic E-state index is 11.9. The van der Waals surface area contributed by atoms with Crippen molar-refractivity contribution < 1.29 is 4.79 Å². The van der Waals surface area contributed by atoms with Crippen LogP contribution >= 0.6 is 0 Å². The highest BCUT2D eigenvalue weighted by Crippen LogP contribution is 2.14. The molecule has 0 N–H and O–H groups in total. The first-order valence-electron chi connectivity index (χ1n) is 5.39. The number of rotatable bonds is 6. The Bertz CT molecular complexity index is 204. The molecule has 0 fully saturated rings. The minimum Gasteiger partial charge on any atom is -0.294 e. The van der Waals surface area contributed by atoms with Gasteiger partial charge in [0.15, 0.2) is 5.78 Å². The van der Waals surface area contributed by atoms with Crippen molar-refractivity contribution >= 4 is 5.78 Å². The molecule has 14 heavy (non-hydrogen) atoms. The fourth-order valence-electron chi connectivity index (χ4n) is 1.76. The first-order chi connectivity index (χ1) is 6.45. The second-order valence-corrected chi connectivity index (χ2v) is 4.05. The molecule has 0 bridgehead atoms. The van der Waals surface area contributed by atoms with Crippen LogP contribution in [0.2, 0.25) is 0 Å². The number of carbonyl (C=O) groups is 1. The van der Waals surface area contributed by atoms with E-state index in [1.807, 2.05) is 0 Å². The monoisotopic (exact) mass is 197 g/mol. The standard InChI is InChI=1S/C12H23NO/c1-7-13(8-2)11(9(3)4)12(14)10(5)6/h9,11H,5,7-8H2,1-4,6H3. The van der Waals surface area contributed by atoms with Crippen LogP contribution in [0.3, 0.4) is 0 Å². The molecule has 0 heterocycles. The summed E-state index contributed by atoms with van der Waals surface area (Å²) in [7, 11) is 0. The van der Waals surface area contributed by atoms with Gasteiger partial charge >= 0.3 is 0 Å². The summed E-state index contributed by atoms with van der Waals surface area (Å²) in [6.07, 6.45) is 0. The molecule has 1 unspecified atom stereocenters. The van der Waals surface area contributed by atoms with E-state index < -0.39 is 0 Å². The molecule has 0 aliphatic rings. The molecule has 0 aromatic carbocycles. The van der Waals surface area contributed by atoms with Crippen LogP contribution in [0.25, 0.3) is 0 Å². The van der Waals surface area contributed by atoms with Gasteiger partial charge in [0.05, 0.1) is 6.04 Å². The van der Waals surface area contributed by atoms with E-state index in [1.54, 1.807) is 6.92 Å². The largest absolute Gasteiger partial charge is 0.294 e. The molecule has 0 aliphatic carbocycles. The molecule has 0 radical (unpaired) electrons. The van der Waals surface area contributed by atoms with Crippen molar-refractivity contribution in [2.75, 3.05) is 13.1 Å². The summed E-state index contributed by atoms with van der Waals surface area (Å²) in [4.78, 5) is 14.1. The zero-order valence-corrected chi connectivity index (χ0v) is 10.1. The van der Waals surface area contributed by atoms with Gasteiger partial charge in [0.25, 0.3) is 0 Å². The maximum absolute atomic E-state index is 11.9.